The Hall–Kier alpha value is -2.80. The molecule has 2 aromatic carbocycles. The van der Waals surface area contributed by atoms with Crippen LogP contribution in [-0.4, -0.2) is 33.5 Å². The predicted octanol–water partition coefficient (Wildman–Crippen LogP) is 3.24. The lowest BCUT2D eigenvalue weighted by atomic mass is 10.0. The molecule has 0 aliphatic heterocycles. The molecule has 0 saturated heterocycles. The lowest BCUT2D eigenvalue weighted by molar-refractivity contribution is 0.0955. The summed E-state index contributed by atoms with van der Waals surface area (Å²) in [5.74, 6) is 0.792. The number of aromatic nitrogens is 1. The second-order valence-corrected chi connectivity index (χ2v) is 6.03. The minimum absolute atomic E-state index is 0.0600. The molecule has 0 aliphatic carbocycles. The zero-order valence-corrected chi connectivity index (χ0v) is 14.5. The highest BCUT2D eigenvalue weighted by molar-refractivity contribution is 5.61. The Bertz CT molecular complexity index is 882. The Labute approximate surface area is 156 Å². The molecule has 1 atom stereocenters. The molecule has 0 spiro atoms. The van der Waals surface area contributed by atoms with Crippen LogP contribution in [0.25, 0.3) is 11.3 Å². The zero-order chi connectivity index (χ0) is 19.2. The second-order valence-electron chi connectivity index (χ2n) is 6.03. The van der Waals surface area contributed by atoms with Crippen molar-refractivity contribution in [3.05, 3.63) is 77.7 Å². The van der Waals surface area contributed by atoms with Crippen molar-refractivity contribution in [1.29, 1.82) is 0 Å². The molecule has 1 heterocycles. The molecule has 0 aliphatic rings. The second kappa shape index (κ2) is 8.73. The number of aliphatic hydroxyl groups excluding tert-OH is 3. The number of aliphatic hydroxyl groups is 3. The lowest BCUT2D eigenvalue weighted by Crippen LogP contribution is -2.06. The van der Waals surface area contributed by atoms with E-state index in [2.05, 4.69) is 4.98 Å². The molecule has 140 valence electrons. The Morgan fingerprint density at radius 2 is 1.56 bits per heavy atom. The largest absolute Gasteiger partial charge is 0.457 e. The van der Waals surface area contributed by atoms with Gasteiger partial charge >= 0.3 is 0 Å². The standard InChI is InChI=1S/C21H20FNO4/c22-16-3-7-19(8-4-16)27-18-5-1-14(2-6-18)20-12-15(21(26)13-25)11-17(23-20)9-10-24/h1-8,11-12,21,24-26H,9-10,13H2/t21-/m0/s1. The van der Waals surface area contributed by atoms with Crippen molar-refractivity contribution in [2.75, 3.05) is 13.2 Å². The van der Waals surface area contributed by atoms with E-state index in [1.165, 1.54) is 12.1 Å². The first kappa shape index (κ1) is 19.0. The minimum atomic E-state index is -1.01. The topological polar surface area (TPSA) is 82.8 Å². The number of rotatable bonds is 7. The molecule has 0 fully saturated rings. The molecule has 3 aromatic rings. The molecule has 0 saturated carbocycles. The summed E-state index contributed by atoms with van der Waals surface area (Å²) in [7, 11) is 0. The third-order valence-corrected chi connectivity index (χ3v) is 4.03. The quantitative estimate of drug-likeness (QED) is 0.596. The molecule has 0 bridgehead atoms. The van der Waals surface area contributed by atoms with E-state index in [1.807, 2.05) is 12.1 Å². The average molecular weight is 369 g/mol. The van der Waals surface area contributed by atoms with Crippen LogP contribution in [0.2, 0.25) is 0 Å². The first-order valence-electron chi connectivity index (χ1n) is 8.53. The third kappa shape index (κ3) is 4.89. The van der Waals surface area contributed by atoms with Gasteiger partial charge in [-0.25, -0.2) is 4.39 Å². The van der Waals surface area contributed by atoms with E-state index in [9.17, 15) is 14.6 Å². The number of hydrogen-bond acceptors (Lipinski definition) is 5. The summed E-state index contributed by atoms with van der Waals surface area (Å²) in [6.07, 6.45) is -0.657. The molecule has 6 heteroatoms. The highest BCUT2D eigenvalue weighted by Crippen LogP contribution is 2.27. The molecular formula is C21H20FNO4. The van der Waals surface area contributed by atoms with Crippen molar-refractivity contribution >= 4 is 0 Å². The fourth-order valence-corrected chi connectivity index (χ4v) is 2.63. The predicted molar refractivity (Wildman–Crippen MR) is 99.0 cm³/mol. The first-order valence-corrected chi connectivity index (χ1v) is 8.53. The van der Waals surface area contributed by atoms with Crippen LogP contribution in [0.4, 0.5) is 4.39 Å². The summed E-state index contributed by atoms with van der Waals surface area (Å²) in [5.41, 5.74) is 2.59. The van der Waals surface area contributed by atoms with Gasteiger partial charge in [-0.15, -0.1) is 0 Å². The lowest BCUT2D eigenvalue weighted by Gasteiger charge is -2.12. The zero-order valence-electron chi connectivity index (χ0n) is 14.5. The molecular weight excluding hydrogens is 349 g/mol. The molecule has 0 amide bonds. The van der Waals surface area contributed by atoms with Gasteiger partial charge in [0.2, 0.25) is 0 Å². The van der Waals surface area contributed by atoms with E-state index in [0.717, 1.165) is 5.56 Å². The van der Waals surface area contributed by atoms with E-state index in [4.69, 9.17) is 9.84 Å². The maximum absolute atomic E-state index is 13.0. The third-order valence-electron chi connectivity index (χ3n) is 4.03. The fourth-order valence-electron chi connectivity index (χ4n) is 2.63. The molecule has 0 unspecified atom stereocenters. The Kier molecular flexibility index (Phi) is 6.13. The summed E-state index contributed by atoms with van der Waals surface area (Å²) in [4.78, 5) is 4.50. The molecule has 1 aromatic heterocycles. The van der Waals surface area contributed by atoms with Gasteiger partial charge in [0.15, 0.2) is 0 Å². The van der Waals surface area contributed by atoms with Crippen molar-refractivity contribution in [2.45, 2.75) is 12.5 Å². The normalized spacial score (nSPS) is 12.0. The van der Waals surface area contributed by atoms with Gasteiger partial charge in [-0.2, -0.15) is 0 Å². The maximum atomic E-state index is 13.0. The van der Waals surface area contributed by atoms with Gasteiger partial charge in [0.1, 0.15) is 23.4 Å². The maximum Gasteiger partial charge on any atom is 0.127 e. The van der Waals surface area contributed by atoms with Crippen molar-refractivity contribution in [3.63, 3.8) is 0 Å². The summed E-state index contributed by atoms with van der Waals surface area (Å²) >= 11 is 0. The summed E-state index contributed by atoms with van der Waals surface area (Å²) in [6.45, 7) is -0.456. The number of nitrogens with zero attached hydrogens (tertiary/aromatic N) is 1. The van der Waals surface area contributed by atoms with Crippen molar-refractivity contribution in [3.8, 4) is 22.8 Å². The SMILES string of the molecule is OCCc1cc([C@@H](O)CO)cc(-c2ccc(Oc3ccc(F)cc3)cc2)n1. The monoisotopic (exact) mass is 369 g/mol. The van der Waals surface area contributed by atoms with Crippen LogP contribution in [0, 0.1) is 5.82 Å². The van der Waals surface area contributed by atoms with E-state index in [-0.39, 0.29) is 12.4 Å². The molecule has 27 heavy (non-hydrogen) atoms. The average Bonchev–Trinajstić information content (AvgIpc) is 2.69. The van der Waals surface area contributed by atoms with Crippen LogP contribution in [0.1, 0.15) is 17.4 Å². The van der Waals surface area contributed by atoms with Crippen LogP contribution in [0.5, 0.6) is 11.5 Å². The van der Waals surface area contributed by atoms with E-state index in [1.54, 1.807) is 36.4 Å². The first-order chi connectivity index (χ1) is 13.1. The molecule has 3 rings (SSSR count). The molecule has 5 nitrogen and oxygen atoms in total. The van der Waals surface area contributed by atoms with Crippen LogP contribution in [-0.2, 0) is 6.42 Å². The number of benzene rings is 2. The van der Waals surface area contributed by atoms with Crippen molar-refractivity contribution in [2.24, 2.45) is 0 Å². The van der Waals surface area contributed by atoms with Crippen molar-refractivity contribution < 1.29 is 24.4 Å². The Morgan fingerprint density at radius 1 is 0.926 bits per heavy atom. The molecule has 0 radical (unpaired) electrons. The number of hydrogen-bond donors (Lipinski definition) is 3. The van der Waals surface area contributed by atoms with Crippen LogP contribution in [0.3, 0.4) is 0 Å². The molecule has 3 N–H and O–H groups in total. The van der Waals surface area contributed by atoms with Gasteiger partial charge in [0.25, 0.3) is 0 Å². The Morgan fingerprint density at radius 3 is 2.15 bits per heavy atom. The van der Waals surface area contributed by atoms with E-state index >= 15 is 0 Å². The summed E-state index contributed by atoms with van der Waals surface area (Å²) in [5, 5.41) is 28.3. The Balaban J connectivity index is 1.85. The van der Waals surface area contributed by atoms with Gasteiger partial charge in [0, 0.05) is 24.3 Å². The van der Waals surface area contributed by atoms with Gasteiger partial charge < -0.3 is 20.1 Å². The fraction of sp³-hybridized carbons (Fsp3) is 0.190. The number of pyridine rings is 1. The van der Waals surface area contributed by atoms with Crippen LogP contribution >= 0.6 is 0 Å². The van der Waals surface area contributed by atoms with E-state index < -0.39 is 12.7 Å². The van der Waals surface area contributed by atoms with Crippen molar-refractivity contribution in [1.82, 2.24) is 4.98 Å². The van der Waals surface area contributed by atoms with Crippen LogP contribution in [0.15, 0.2) is 60.7 Å². The smallest absolute Gasteiger partial charge is 0.127 e. The van der Waals surface area contributed by atoms with Gasteiger partial charge in [-0.05, 0) is 66.2 Å². The summed E-state index contributed by atoms with van der Waals surface area (Å²) < 4.78 is 18.6. The van der Waals surface area contributed by atoms with Gasteiger partial charge in [-0.3, -0.25) is 4.98 Å². The van der Waals surface area contributed by atoms with Gasteiger partial charge in [0.05, 0.1) is 12.3 Å². The highest BCUT2D eigenvalue weighted by atomic mass is 19.1. The number of halogens is 1. The van der Waals surface area contributed by atoms with Crippen LogP contribution < -0.4 is 4.74 Å². The number of ether oxygens (including phenoxy) is 1. The van der Waals surface area contributed by atoms with E-state index in [0.29, 0.717) is 34.9 Å². The highest BCUT2D eigenvalue weighted by Gasteiger charge is 2.11. The van der Waals surface area contributed by atoms with Gasteiger partial charge in [-0.1, -0.05) is 0 Å². The minimum Gasteiger partial charge on any atom is -0.457 e. The summed E-state index contributed by atoms with van der Waals surface area (Å²) in [6, 6.07) is 16.3.